The Labute approximate surface area is 216 Å². The highest BCUT2D eigenvalue weighted by molar-refractivity contribution is 5.84. The number of nitrogens with zero attached hydrogens (tertiary/aromatic N) is 3. The van der Waals surface area contributed by atoms with Gasteiger partial charge in [0.05, 0.1) is 45.6 Å². The van der Waals surface area contributed by atoms with Crippen LogP contribution in [0.5, 0.6) is 23.0 Å². The number of para-hydroxylation sites is 1. The van der Waals surface area contributed by atoms with Gasteiger partial charge in [-0.05, 0) is 60.4 Å². The standard InChI is InChI=1S/C29H31N3O5/c1-17(2)21-15-22(18(3)12-24(21)34-4)28-31-23-11-9-8-10-20(23)29(33)32(28)30-16-19-13-25(35-5)27(37-7)26(14-19)36-6/h8-17H,1-7H3. The summed E-state index contributed by atoms with van der Waals surface area (Å²) < 4.78 is 23.3. The highest BCUT2D eigenvalue weighted by Gasteiger charge is 2.19. The van der Waals surface area contributed by atoms with E-state index in [4.69, 9.17) is 23.9 Å². The molecule has 0 radical (unpaired) electrons. The second-order valence-corrected chi connectivity index (χ2v) is 8.84. The molecule has 4 aromatic rings. The summed E-state index contributed by atoms with van der Waals surface area (Å²) in [6, 6.07) is 14.8. The van der Waals surface area contributed by atoms with E-state index in [-0.39, 0.29) is 11.5 Å². The van der Waals surface area contributed by atoms with E-state index in [1.54, 1.807) is 52.9 Å². The first-order valence-corrected chi connectivity index (χ1v) is 11.9. The average molecular weight is 502 g/mol. The molecular formula is C29H31N3O5. The summed E-state index contributed by atoms with van der Waals surface area (Å²) in [4.78, 5) is 18.5. The molecule has 1 heterocycles. The first kappa shape index (κ1) is 25.8. The van der Waals surface area contributed by atoms with Crippen molar-refractivity contribution in [1.82, 2.24) is 9.66 Å². The van der Waals surface area contributed by atoms with Gasteiger partial charge in [-0.25, -0.2) is 4.98 Å². The molecular weight excluding hydrogens is 470 g/mol. The summed E-state index contributed by atoms with van der Waals surface area (Å²) in [6.45, 7) is 6.16. The topological polar surface area (TPSA) is 84.2 Å². The van der Waals surface area contributed by atoms with E-state index >= 15 is 0 Å². The molecule has 0 aliphatic carbocycles. The van der Waals surface area contributed by atoms with Crippen molar-refractivity contribution in [2.75, 3.05) is 28.4 Å². The summed E-state index contributed by atoms with van der Waals surface area (Å²) in [5.74, 6) is 2.89. The van der Waals surface area contributed by atoms with E-state index in [0.29, 0.717) is 39.5 Å². The number of hydrogen-bond acceptors (Lipinski definition) is 7. The number of ether oxygens (including phenoxy) is 4. The Morgan fingerprint density at radius 1 is 0.892 bits per heavy atom. The fraction of sp³-hybridized carbons (Fsp3) is 0.276. The Morgan fingerprint density at radius 3 is 2.14 bits per heavy atom. The van der Waals surface area contributed by atoms with Crippen LogP contribution in [0.1, 0.15) is 36.5 Å². The van der Waals surface area contributed by atoms with E-state index in [0.717, 1.165) is 22.4 Å². The van der Waals surface area contributed by atoms with Crippen molar-refractivity contribution < 1.29 is 18.9 Å². The van der Waals surface area contributed by atoms with Gasteiger partial charge in [-0.15, -0.1) is 0 Å². The van der Waals surface area contributed by atoms with E-state index < -0.39 is 0 Å². The molecule has 0 amide bonds. The highest BCUT2D eigenvalue weighted by Crippen LogP contribution is 2.38. The number of aryl methyl sites for hydroxylation is 1. The molecule has 8 heteroatoms. The number of methoxy groups -OCH3 is 4. The van der Waals surface area contributed by atoms with Crippen molar-refractivity contribution in [3.63, 3.8) is 0 Å². The molecule has 0 bridgehead atoms. The van der Waals surface area contributed by atoms with Crippen LogP contribution in [0.15, 0.2) is 58.4 Å². The van der Waals surface area contributed by atoms with Crippen molar-refractivity contribution in [3.05, 3.63) is 75.6 Å². The van der Waals surface area contributed by atoms with E-state index in [1.807, 2.05) is 37.3 Å². The minimum atomic E-state index is -0.273. The Bertz CT molecular complexity index is 1510. The molecule has 0 spiro atoms. The van der Waals surface area contributed by atoms with Crippen LogP contribution < -0.4 is 24.5 Å². The van der Waals surface area contributed by atoms with Crippen LogP contribution in [0.4, 0.5) is 0 Å². The number of benzene rings is 3. The molecule has 0 aliphatic heterocycles. The quantitative estimate of drug-likeness (QED) is 0.300. The summed E-state index contributed by atoms with van der Waals surface area (Å²) in [6.07, 6.45) is 1.58. The molecule has 1 aromatic heterocycles. The zero-order valence-corrected chi connectivity index (χ0v) is 22.2. The maximum absolute atomic E-state index is 13.7. The molecule has 37 heavy (non-hydrogen) atoms. The van der Waals surface area contributed by atoms with Crippen LogP contribution in [-0.2, 0) is 0 Å². The van der Waals surface area contributed by atoms with Crippen LogP contribution in [0, 0.1) is 6.92 Å². The summed E-state index contributed by atoms with van der Waals surface area (Å²) >= 11 is 0. The van der Waals surface area contributed by atoms with E-state index in [9.17, 15) is 4.79 Å². The van der Waals surface area contributed by atoms with Crippen LogP contribution in [-0.4, -0.2) is 44.3 Å². The number of aromatic nitrogens is 2. The first-order valence-electron chi connectivity index (χ1n) is 11.9. The molecule has 0 atom stereocenters. The lowest BCUT2D eigenvalue weighted by molar-refractivity contribution is 0.324. The van der Waals surface area contributed by atoms with E-state index in [2.05, 4.69) is 18.9 Å². The summed E-state index contributed by atoms with van der Waals surface area (Å²) in [5, 5.41) is 5.08. The van der Waals surface area contributed by atoms with Crippen molar-refractivity contribution in [3.8, 4) is 34.4 Å². The van der Waals surface area contributed by atoms with Gasteiger partial charge in [-0.1, -0.05) is 26.0 Å². The van der Waals surface area contributed by atoms with Gasteiger partial charge in [-0.3, -0.25) is 4.79 Å². The lowest BCUT2D eigenvalue weighted by Gasteiger charge is -2.17. The predicted molar refractivity (Wildman–Crippen MR) is 146 cm³/mol. The highest BCUT2D eigenvalue weighted by atomic mass is 16.5. The fourth-order valence-corrected chi connectivity index (χ4v) is 4.27. The van der Waals surface area contributed by atoms with Gasteiger partial charge in [0.2, 0.25) is 5.75 Å². The maximum atomic E-state index is 13.7. The largest absolute Gasteiger partial charge is 0.496 e. The third-order valence-electron chi connectivity index (χ3n) is 6.20. The molecule has 0 fully saturated rings. The van der Waals surface area contributed by atoms with Crippen molar-refractivity contribution in [2.24, 2.45) is 5.10 Å². The van der Waals surface area contributed by atoms with Crippen LogP contribution in [0.3, 0.4) is 0 Å². The number of hydrogen-bond donors (Lipinski definition) is 0. The average Bonchev–Trinajstić information content (AvgIpc) is 2.91. The lowest BCUT2D eigenvalue weighted by Crippen LogP contribution is -2.20. The zero-order chi connectivity index (χ0) is 26.7. The molecule has 0 unspecified atom stereocenters. The minimum absolute atomic E-state index is 0.206. The Hall–Kier alpha value is -4.33. The third kappa shape index (κ3) is 4.87. The Morgan fingerprint density at radius 2 is 1.54 bits per heavy atom. The normalized spacial score (nSPS) is 11.4. The maximum Gasteiger partial charge on any atom is 0.282 e. The molecule has 0 aliphatic rings. The van der Waals surface area contributed by atoms with Crippen molar-refractivity contribution in [1.29, 1.82) is 0 Å². The summed E-state index contributed by atoms with van der Waals surface area (Å²) in [7, 11) is 6.30. The van der Waals surface area contributed by atoms with Crippen molar-refractivity contribution in [2.45, 2.75) is 26.7 Å². The molecule has 192 valence electrons. The van der Waals surface area contributed by atoms with Crippen LogP contribution in [0.25, 0.3) is 22.3 Å². The van der Waals surface area contributed by atoms with Gasteiger partial charge in [0.1, 0.15) is 5.75 Å². The first-order chi connectivity index (χ1) is 17.8. The second kappa shape index (κ2) is 10.7. The second-order valence-electron chi connectivity index (χ2n) is 8.84. The number of fused-ring (bicyclic) bond motifs is 1. The molecule has 3 aromatic carbocycles. The molecule has 4 rings (SSSR count). The van der Waals surface area contributed by atoms with Gasteiger partial charge in [0, 0.05) is 11.1 Å². The van der Waals surface area contributed by atoms with E-state index in [1.165, 1.54) is 4.68 Å². The van der Waals surface area contributed by atoms with Gasteiger partial charge in [0.15, 0.2) is 17.3 Å². The summed E-state index contributed by atoms with van der Waals surface area (Å²) in [5.41, 5.74) is 3.73. The number of rotatable bonds is 8. The Kier molecular flexibility index (Phi) is 7.47. The van der Waals surface area contributed by atoms with Gasteiger partial charge < -0.3 is 18.9 Å². The predicted octanol–water partition coefficient (Wildman–Crippen LogP) is 5.41. The van der Waals surface area contributed by atoms with Crippen LogP contribution in [0.2, 0.25) is 0 Å². The van der Waals surface area contributed by atoms with Gasteiger partial charge in [-0.2, -0.15) is 9.78 Å². The molecule has 0 N–H and O–H groups in total. The zero-order valence-electron chi connectivity index (χ0n) is 22.2. The van der Waals surface area contributed by atoms with Gasteiger partial charge >= 0.3 is 0 Å². The van der Waals surface area contributed by atoms with Crippen molar-refractivity contribution >= 4 is 17.1 Å². The SMILES string of the molecule is COc1cc(C)c(-c2nc3ccccc3c(=O)n2N=Cc2cc(OC)c(OC)c(OC)c2)cc1C(C)C. The van der Waals surface area contributed by atoms with Gasteiger partial charge in [0.25, 0.3) is 5.56 Å². The third-order valence-corrected chi connectivity index (χ3v) is 6.20. The monoisotopic (exact) mass is 501 g/mol. The fourth-order valence-electron chi connectivity index (χ4n) is 4.27. The smallest absolute Gasteiger partial charge is 0.282 e. The molecule has 0 saturated carbocycles. The van der Waals surface area contributed by atoms with Crippen LogP contribution >= 0.6 is 0 Å². The lowest BCUT2D eigenvalue weighted by atomic mass is 9.96. The minimum Gasteiger partial charge on any atom is -0.496 e. The Balaban J connectivity index is 1.97. The molecule has 8 nitrogen and oxygen atoms in total. The molecule has 0 saturated heterocycles.